The smallest absolute Gasteiger partial charge is 0.351 e. The molecule has 24 heavy (non-hydrogen) atoms. The highest BCUT2D eigenvalue weighted by atomic mass is 32.2. The lowest BCUT2D eigenvalue weighted by Crippen LogP contribution is -2.71. The van der Waals surface area contributed by atoms with Crippen LogP contribution in [0.3, 0.4) is 0 Å². The Balaban J connectivity index is 1.78. The van der Waals surface area contributed by atoms with E-state index in [1.54, 1.807) is 11.8 Å². The number of thioether (sulfide) groups is 1. The monoisotopic (exact) mass is 350 g/mol. The van der Waals surface area contributed by atoms with Gasteiger partial charge in [0.2, 0.25) is 12.1 Å². The van der Waals surface area contributed by atoms with E-state index in [0.29, 0.717) is 24.1 Å². The first-order valence-electron chi connectivity index (χ1n) is 9.00. The second kappa shape index (κ2) is 5.68. The van der Waals surface area contributed by atoms with Crippen molar-refractivity contribution in [1.29, 1.82) is 0 Å². The number of carboxylic acid groups (broad SMARTS) is 1. The van der Waals surface area contributed by atoms with Gasteiger partial charge in [0, 0.05) is 16.5 Å². The van der Waals surface area contributed by atoms with Crippen molar-refractivity contribution in [3.63, 3.8) is 0 Å². The molecule has 0 aromatic rings. The van der Waals surface area contributed by atoms with E-state index in [4.69, 9.17) is 0 Å². The molecule has 5 nitrogen and oxygen atoms in total. The molecule has 1 aliphatic heterocycles. The van der Waals surface area contributed by atoms with E-state index in [9.17, 15) is 14.7 Å². The topological polar surface area (TPSA) is 69.6 Å². The van der Waals surface area contributed by atoms with Crippen molar-refractivity contribution in [2.45, 2.75) is 51.6 Å². The maximum atomic E-state index is 12.6. The van der Waals surface area contributed by atoms with Gasteiger partial charge < -0.3 is 15.3 Å². The lowest BCUT2D eigenvalue weighted by molar-refractivity contribution is -0.174. The Morgan fingerprint density at radius 3 is 2.21 bits per heavy atom. The maximum absolute atomic E-state index is 12.6. The highest BCUT2D eigenvalue weighted by molar-refractivity contribution is 8.03. The minimum atomic E-state index is -1.29. The Hall–Kier alpha value is -1.17. The van der Waals surface area contributed by atoms with Crippen LogP contribution < -0.4 is 5.32 Å². The third-order valence-electron chi connectivity index (χ3n) is 7.06. The number of carbonyl (C=O) groups is 2. The van der Waals surface area contributed by atoms with Crippen LogP contribution in [0.5, 0.6) is 0 Å². The fraction of sp³-hybridized carbons (Fsp3) is 0.778. The summed E-state index contributed by atoms with van der Waals surface area (Å²) in [6.45, 7) is 4.01. The maximum Gasteiger partial charge on any atom is 0.351 e. The van der Waals surface area contributed by atoms with Gasteiger partial charge in [-0.05, 0) is 69.6 Å². The predicted octanol–water partition coefficient (Wildman–Crippen LogP) is 2.84. The van der Waals surface area contributed by atoms with E-state index in [2.05, 4.69) is 5.32 Å². The van der Waals surface area contributed by atoms with Crippen LogP contribution in [0.2, 0.25) is 0 Å². The number of carbonyl (C=O) groups excluding carboxylic acids is 1. The van der Waals surface area contributed by atoms with Crippen LogP contribution in [0.25, 0.3) is 0 Å². The number of carboxylic acids is 1. The largest absolute Gasteiger partial charge is 0.478 e. The van der Waals surface area contributed by atoms with Gasteiger partial charge in [0.1, 0.15) is 0 Å². The minimum Gasteiger partial charge on any atom is -0.478 e. The van der Waals surface area contributed by atoms with Crippen molar-refractivity contribution in [3.05, 3.63) is 10.6 Å². The van der Waals surface area contributed by atoms with Gasteiger partial charge in [-0.1, -0.05) is 0 Å². The second-order valence-corrected chi connectivity index (χ2v) is 9.29. The lowest BCUT2D eigenvalue weighted by atomic mass is 9.49. The van der Waals surface area contributed by atoms with Crippen molar-refractivity contribution in [1.82, 2.24) is 10.2 Å². The van der Waals surface area contributed by atoms with Gasteiger partial charge in [0.25, 0.3) is 0 Å². The van der Waals surface area contributed by atoms with Crippen molar-refractivity contribution >= 4 is 24.1 Å². The molecule has 4 fully saturated rings. The minimum absolute atomic E-state index is 0.00875. The van der Waals surface area contributed by atoms with Crippen LogP contribution in [-0.4, -0.2) is 33.9 Å². The van der Waals surface area contributed by atoms with Crippen LogP contribution in [0, 0.1) is 29.6 Å². The van der Waals surface area contributed by atoms with Crippen LogP contribution in [0.1, 0.15) is 46.0 Å². The zero-order chi connectivity index (χ0) is 17.1. The van der Waals surface area contributed by atoms with E-state index in [1.807, 2.05) is 18.7 Å². The SMILES string of the molecule is CC1=C(C)N(C(NC=O)(C(=O)O)C2C3CC4CC(C3)CC2C4)CS1. The van der Waals surface area contributed by atoms with Crippen molar-refractivity contribution < 1.29 is 14.7 Å². The molecule has 132 valence electrons. The van der Waals surface area contributed by atoms with Gasteiger partial charge in [0.05, 0.1) is 5.88 Å². The summed E-state index contributed by atoms with van der Waals surface area (Å²) in [4.78, 5) is 27.2. The third-order valence-corrected chi connectivity index (χ3v) is 8.18. The van der Waals surface area contributed by atoms with Gasteiger partial charge in [-0.15, -0.1) is 11.8 Å². The van der Waals surface area contributed by atoms with E-state index in [0.717, 1.165) is 48.1 Å². The van der Waals surface area contributed by atoms with E-state index < -0.39 is 11.6 Å². The Labute approximate surface area is 147 Å². The van der Waals surface area contributed by atoms with E-state index in [-0.39, 0.29) is 5.92 Å². The van der Waals surface area contributed by atoms with Crippen molar-refractivity contribution in [2.75, 3.05) is 5.88 Å². The molecule has 6 heteroatoms. The van der Waals surface area contributed by atoms with Crippen molar-refractivity contribution in [3.8, 4) is 0 Å². The number of nitrogens with one attached hydrogen (secondary N) is 1. The molecule has 0 radical (unpaired) electrons. The Bertz CT molecular complexity index is 577. The first-order chi connectivity index (χ1) is 11.5. The molecular weight excluding hydrogens is 324 g/mol. The number of amides is 1. The Morgan fingerprint density at radius 2 is 1.79 bits per heavy atom. The average Bonchev–Trinajstić information content (AvgIpc) is 2.85. The second-order valence-electron chi connectivity index (χ2n) is 8.13. The molecule has 1 atom stereocenters. The molecule has 2 N–H and O–H groups in total. The Morgan fingerprint density at radius 1 is 1.21 bits per heavy atom. The highest BCUT2D eigenvalue weighted by Gasteiger charge is 2.62. The molecular formula is C18H26N2O3S. The number of nitrogens with zero attached hydrogens (tertiary/aromatic N) is 1. The predicted molar refractivity (Wildman–Crippen MR) is 92.8 cm³/mol. The quantitative estimate of drug-likeness (QED) is 0.746. The van der Waals surface area contributed by atoms with Crippen LogP contribution in [0.15, 0.2) is 10.6 Å². The molecule has 0 aromatic carbocycles. The molecule has 0 saturated heterocycles. The van der Waals surface area contributed by atoms with Gasteiger partial charge in [-0.25, -0.2) is 4.79 Å². The van der Waals surface area contributed by atoms with Crippen LogP contribution in [-0.2, 0) is 9.59 Å². The fourth-order valence-electron chi connectivity index (χ4n) is 6.29. The van der Waals surface area contributed by atoms with Gasteiger partial charge in [-0.3, -0.25) is 4.79 Å². The summed E-state index contributed by atoms with van der Waals surface area (Å²) in [6.07, 6.45) is 6.47. The first kappa shape index (κ1) is 16.3. The summed E-state index contributed by atoms with van der Waals surface area (Å²) in [7, 11) is 0. The highest BCUT2D eigenvalue weighted by Crippen LogP contribution is 2.60. The molecule has 1 amide bonds. The van der Waals surface area contributed by atoms with Gasteiger partial charge in [-0.2, -0.15) is 0 Å². The Kier molecular flexibility index (Phi) is 3.86. The zero-order valence-corrected chi connectivity index (χ0v) is 15.1. The van der Waals surface area contributed by atoms with Crippen LogP contribution >= 0.6 is 11.8 Å². The van der Waals surface area contributed by atoms with Gasteiger partial charge >= 0.3 is 5.97 Å². The third kappa shape index (κ3) is 2.14. The summed E-state index contributed by atoms with van der Waals surface area (Å²) < 4.78 is 0. The normalized spacial score (nSPS) is 39.9. The number of rotatable bonds is 5. The summed E-state index contributed by atoms with van der Waals surface area (Å²) >= 11 is 1.67. The fourth-order valence-corrected chi connectivity index (χ4v) is 7.33. The molecule has 0 aromatic heterocycles. The van der Waals surface area contributed by atoms with Gasteiger partial charge in [0.15, 0.2) is 0 Å². The average molecular weight is 350 g/mol. The zero-order valence-electron chi connectivity index (χ0n) is 14.3. The molecule has 1 unspecified atom stereocenters. The van der Waals surface area contributed by atoms with Crippen molar-refractivity contribution in [2.24, 2.45) is 29.6 Å². The molecule has 5 rings (SSSR count). The number of aliphatic carboxylic acids is 1. The van der Waals surface area contributed by atoms with Crippen LogP contribution in [0.4, 0.5) is 0 Å². The molecule has 5 aliphatic rings. The molecule has 4 saturated carbocycles. The molecule has 0 spiro atoms. The van der Waals surface area contributed by atoms with E-state index >= 15 is 0 Å². The molecule has 4 bridgehead atoms. The summed E-state index contributed by atoms with van der Waals surface area (Å²) in [6, 6.07) is 0. The standard InChI is InChI=1S/C18H26N2O3S/c1-10-11(2)24-9-20(10)18(17(22)23,19-8-21)16-14-4-12-3-13(6-14)7-15(16)5-12/h8,12-16H,3-7,9H2,1-2H3,(H,19,21)(H,22,23). The summed E-state index contributed by atoms with van der Waals surface area (Å²) in [5, 5.41) is 13.1. The van der Waals surface area contributed by atoms with E-state index in [1.165, 1.54) is 6.42 Å². The lowest BCUT2D eigenvalue weighted by Gasteiger charge is -2.60. The number of allylic oxidation sites excluding steroid dienone is 2. The number of hydrogen-bond acceptors (Lipinski definition) is 4. The summed E-state index contributed by atoms with van der Waals surface area (Å²) in [5.41, 5.74) is -0.301. The molecule has 4 aliphatic carbocycles. The number of hydrogen-bond donors (Lipinski definition) is 2. The summed E-state index contributed by atoms with van der Waals surface area (Å²) in [5.74, 6) is 2.10. The molecule has 1 heterocycles. The first-order valence-corrected chi connectivity index (χ1v) is 9.98.